The smallest absolute Gasteiger partial charge is 0.430 e. The van der Waals surface area contributed by atoms with Gasteiger partial charge in [-0.15, -0.1) is 0 Å². The number of amides is 2. The second kappa shape index (κ2) is 10.7. The van der Waals surface area contributed by atoms with Crippen molar-refractivity contribution < 1.29 is 54.2 Å². The number of sulfone groups is 1. The molecule has 0 fully saturated rings. The first kappa shape index (κ1) is 28.9. The molecule has 0 saturated heterocycles. The van der Waals surface area contributed by atoms with Crippen LogP contribution in [0.1, 0.15) is 18.9 Å². The Morgan fingerprint density at radius 1 is 0.917 bits per heavy atom. The molecule has 2 aromatic carbocycles. The number of rotatable bonds is 8. The van der Waals surface area contributed by atoms with Gasteiger partial charge in [0.05, 0.1) is 22.8 Å². The fourth-order valence-corrected chi connectivity index (χ4v) is 3.94. The van der Waals surface area contributed by atoms with Gasteiger partial charge in [0.2, 0.25) is 5.91 Å². The first-order valence-electron chi connectivity index (χ1n) is 10.0. The quantitative estimate of drug-likeness (QED) is 0.426. The lowest BCUT2D eigenvalue weighted by molar-refractivity contribution is -0.376. The number of para-hydroxylation sites is 1. The number of alkyl halides is 6. The molecule has 0 saturated carbocycles. The van der Waals surface area contributed by atoms with Crippen molar-refractivity contribution in [1.29, 1.82) is 0 Å². The maximum absolute atomic E-state index is 12.9. The Morgan fingerprint density at radius 2 is 1.47 bits per heavy atom. The molecular formula is C21H20F6N2O6S. The molecule has 0 aromatic heterocycles. The van der Waals surface area contributed by atoms with Crippen molar-refractivity contribution >= 4 is 33.2 Å². The first-order chi connectivity index (χ1) is 16.5. The molecule has 0 atom stereocenters. The van der Waals surface area contributed by atoms with Crippen LogP contribution in [-0.2, 0) is 25.0 Å². The second-order valence-corrected chi connectivity index (χ2v) is 9.49. The van der Waals surface area contributed by atoms with Crippen molar-refractivity contribution in [3.8, 4) is 0 Å². The lowest BCUT2D eigenvalue weighted by Gasteiger charge is -2.32. The Balaban J connectivity index is 1.95. The van der Waals surface area contributed by atoms with Gasteiger partial charge in [-0.2, -0.15) is 26.3 Å². The Morgan fingerprint density at radius 3 is 2.00 bits per heavy atom. The minimum Gasteiger partial charge on any atom is -0.449 e. The van der Waals surface area contributed by atoms with E-state index in [1.807, 2.05) is 0 Å². The predicted octanol–water partition coefficient (Wildman–Crippen LogP) is 4.37. The lowest BCUT2D eigenvalue weighted by Crippen LogP contribution is -2.53. The molecule has 0 aliphatic rings. The number of carbonyl (C=O) groups is 2. The Labute approximate surface area is 201 Å². The summed E-state index contributed by atoms with van der Waals surface area (Å²) in [6.07, 6.45) is -13.6. The second-order valence-electron chi connectivity index (χ2n) is 7.24. The van der Waals surface area contributed by atoms with E-state index in [4.69, 9.17) is 4.74 Å². The van der Waals surface area contributed by atoms with Gasteiger partial charge < -0.3 is 15.2 Å². The van der Waals surface area contributed by atoms with Crippen molar-refractivity contribution in [1.82, 2.24) is 0 Å². The van der Waals surface area contributed by atoms with Gasteiger partial charge in [-0.05, 0) is 24.3 Å². The number of nitrogens with one attached hydrogen (secondary N) is 2. The molecule has 3 N–H and O–H groups in total. The van der Waals surface area contributed by atoms with E-state index in [0.29, 0.717) is 12.1 Å². The molecule has 0 radical (unpaired) electrons. The number of hydrogen-bond donors (Lipinski definition) is 3. The first-order valence-corrected chi connectivity index (χ1v) is 11.7. The SMILES string of the molecule is CCS(=O)(=O)c1ccccc1NC(=O)OCCC(=O)Nc1ccc(C(O)(C(F)(F)F)C(F)(F)F)cc1. The largest absolute Gasteiger partial charge is 0.449 e. The highest BCUT2D eigenvalue weighted by Gasteiger charge is 2.71. The van der Waals surface area contributed by atoms with E-state index in [2.05, 4.69) is 10.6 Å². The summed E-state index contributed by atoms with van der Waals surface area (Å²) in [5, 5.41) is 13.8. The van der Waals surface area contributed by atoms with Crippen molar-refractivity contribution in [2.45, 2.75) is 36.2 Å². The number of anilines is 2. The minimum atomic E-state index is -6.05. The summed E-state index contributed by atoms with van der Waals surface area (Å²) in [5.74, 6) is -1.01. The number of halogens is 6. The average molecular weight is 542 g/mol. The van der Waals surface area contributed by atoms with Gasteiger partial charge >= 0.3 is 18.4 Å². The number of hydrogen-bond acceptors (Lipinski definition) is 6. The van der Waals surface area contributed by atoms with Gasteiger partial charge in [0.25, 0.3) is 5.60 Å². The Bertz CT molecular complexity index is 1180. The van der Waals surface area contributed by atoms with Gasteiger partial charge in [-0.25, -0.2) is 13.2 Å². The van der Waals surface area contributed by atoms with Gasteiger partial charge in [-0.3, -0.25) is 10.1 Å². The summed E-state index contributed by atoms with van der Waals surface area (Å²) in [6.45, 7) is 0.934. The van der Waals surface area contributed by atoms with E-state index in [0.717, 1.165) is 12.1 Å². The van der Waals surface area contributed by atoms with Gasteiger partial charge in [-0.1, -0.05) is 31.2 Å². The summed E-state index contributed by atoms with van der Waals surface area (Å²) >= 11 is 0. The molecule has 15 heteroatoms. The van der Waals surface area contributed by atoms with E-state index in [1.54, 1.807) is 0 Å². The van der Waals surface area contributed by atoms with Crippen LogP contribution >= 0.6 is 0 Å². The third-order valence-electron chi connectivity index (χ3n) is 4.81. The summed E-state index contributed by atoms with van der Waals surface area (Å²) in [4.78, 5) is 23.8. The number of carbonyl (C=O) groups excluding carboxylic acids is 2. The van der Waals surface area contributed by atoms with Crippen LogP contribution in [0.25, 0.3) is 0 Å². The summed E-state index contributed by atoms with van der Waals surface area (Å²) < 4.78 is 107. The maximum Gasteiger partial charge on any atom is 0.430 e. The van der Waals surface area contributed by atoms with Crippen LogP contribution in [0.15, 0.2) is 53.4 Å². The van der Waals surface area contributed by atoms with Crippen LogP contribution in [0, 0.1) is 0 Å². The van der Waals surface area contributed by atoms with Crippen molar-refractivity contribution in [3.05, 3.63) is 54.1 Å². The minimum absolute atomic E-state index is 0.0356. The topological polar surface area (TPSA) is 122 Å². The summed E-state index contributed by atoms with van der Waals surface area (Å²) in [6, 6.07) is 7.75. The van der Waals surface area contributed by atoms with Crippen molar-refractivity contribution in [2.24, 2.45) is 0 Å². The molecule has 0 bridgehead atoms. The zero-order valence-electron chi connectivity index (χ0n) is 18.4. The monoisotopic (exact) mass is 542 g/mol. The molecule has 2 rings (SSSR count). The van der Waals surface area contributed by atoms with Crippen LogP contribution in [0.3, 0.4) is 0 Å². The molecule has 0 heterocycles. The van der Waals surface area contributed by atoms with E-state index in [1.165, 1.54) is 31.2 Å². The summed E-state index contributed by atoms with van der Waals surface area (Å²) in [5.41, 5.74) is -6.81. The van der Waals surface area contributed by atoms with Gasteiger partial charge in [0.1, 0.15) is 6.61 Å². The molecule has 0 unspecified atom stereocenters. The Hall–Kier alpha value is -3.33. The fourth-order valence-electron chi connectivity index (χ4n) is 2.89. The molecule has 2 amide bonds. The lowest BCUT2D eigenvalue weighted by atomic mass is 9.92. The normalized spacial score (nSPS) is 12.7. The van der Waals surface area contributed by atoms with Crippen LogP contribution in [0.4, 0.5) is 42.5 Å². The zero-order valence-corrected chi connectivity index (χ0v) is 19.2. The van der Waals surface area contributed by atoms with E-state index in [-0.39, 0.29) is 22.0 Å². The molecule has 0 spiro atoms. The molecule has 36 heavy (non-hydrogen) atoms. The highest BCUT2D eigenvalue weighted by atomic mass is 32.2. The van der Waals surface area contributed by atoms with E-state index in [9.17, 15) is 49.5 Å². The summed E-state index contributed by atoms with van der Waals surface area (Å²) in [7, 11) is -3.65. The number of aliphatic hydroxyl groups is 1. The third kappa shape index (κ3) is 6.46. The van der Waals surface area contributed by atoms with Gasteiger partial charge in [0.15, 0.2) is 9.84 Å². The molecule has 198 valence electrons. The molecule has 0 aliphatic carbocycles. The third-order valence-corrected chi connectivity index (χ3v) is 6.59. The van der Waals surface area contributed by atoms with Crippen molar-refractivity contribution in [3.63, 3.8) is 0 Å². The highest BCUT2D eigenvalue weighted by molar-refractivity contribution is 7.91. The Kier molecular flexibility index (Phi) is 8.62. The van der Waals surface area contributed by atoms with E-state index >= 15 is 0 Å². The zero-order chi connectivity index (χ0) is 27.4. The van der Waals surface area contributed by atoms with Crippen LogP contribution in [0.5, 0.6) is 0 Å². The van der Waals surface area contributed by atoms with Crippen LogP contribution < -0.4 is 10.6 Å². The molecule has 2 aromatic rings. The van der Waals surface area contributed by atoms with E-state index < -0.39 is 58.4 Å². The highest BCUT2D eigenvalue weighted by Crippen LogP contribution is 2.50. The maximum atomic E-state index is 12.9. The predicted molar refractivity (Wildman–Crippen MR) is 115 cm³/mol. The van der Waals surface area contributed by atoms with Crippen LogP contribution in [-0.4, -0.2) is 50.2 Å². The fraction of sp³-hybridized carbons (Fsp3) is 0.333. The molecule has 8 nitrogen and oxygen atoms in total. The van der Waals surface area contributed by atoms with Crippen LogP contribution in [0.2, 0.25) is 0 Å². The average Bonchev–Trinajstić information content (AvgIpc) is 2.77. The number of benzene rings is 2. The standard InChI is InChI=1S/C21H20F6N2O6S/c1-2-36(33,34)16-6-4-3-5-15(16)29-18(31)35-12-11-17(30)28-14-9-7-13(8-10-14)19(32,20(22,23)24)21(25,26)27/h3-10,32H,2,11-12H2,1H3,(H,28,30)(H,29,31). The molecule has 0 aliphatic heterocycles. The van der Waals surface area contributed by atoms with Crippen molar-refractivity contribution in [2.75, 3.05) is 23.0 Å². The molecular weight excluding hydrogens is 522 g/mol. The number of ether oxygens (including phenoxy) is 1. The van der Waals surface area contributed by atoms with Gasteiger partial charge in [0, 0.05) is 11.3 Å².